The molecule has 214 valence electrons. The van der Waals surface area contributed by atoms with E-state index in [9.17, 15) is 19.3 Å². The monoisotopic (exact) mass is 570 g/mol. The molecular weight excluding hydrogens is 536 g/mol. The van der Waals surface area contributed by atoms with Gasteiger partial charge in [-0.1, -0.05) is 18.2 Å². The number of para-hydroxylation sites is 1. The van der Waals surface area contributed by atoms with Crippen LogP contribution in [0.2, 0.25) is 0 Å². The van der Waals surface area contributed by atoms with Gasteiger partial charge >= 0.3 is 5.97 Å². The predicted octanol–water partition coefficient (Wildman–Crippen LogP) is 3.85. The first-order chi connectivity index (χ1) is 19.2. The van der Waals surface area contributed by atoms with Crippen molar-refractivity contribution >= 4 is 41.5 Å². The van der Waals surface area contributed by atoms with Gasteiger partial charge in [0.1, 0.15) is 0 Å². The van der Waals surface area contributed by atoms with Gasteiger partial charge in [-0.2, -0.15) is 0 Å². The number of benzene rings is 2. The van der Waals surface area contributed by atoms with E-state index in [4.69, 9.17) is 14.2 Å². The maximum atomic E-state index is 12.8. The average molecular weight is 571 g/mol. The molecule has 2 aromatic rings. The van der Waals surface area contributed by atoms with Crippen LogP contribution in [-0.2, 0) is 14.3 Å². The molecule has 3 rings (SSSR count). The number of hydrogen-bond donors (Lipinski definition) is 1. The number of esters is 1. The highest BCUT2D eigenvalue weighted by Gasteiger charge is 2.28. The second-order valence-corrected chi connectivity index (χ2v) is 11.1. The fourth-order valence-electron chi connectivity index (χ4n) is 4.19. The molecular formula is C28H34N4O7S. The Kier molecular flexibility index (Phi) is 11.1. The van der Waals surface area contributed by atoms with Crippen molar-refractivity contribution in [1.82, 2.24) is 9.80 Å². The first kappa shape index (κ1) is 30.6. The molecule has 0 atom stereocenters. The van der Waals surface area contributed by atoms with Crippen molar-refractivity contribution in [2.24, 2.45) is 4.58 Å². The van der Waals surface area contributed by atoms with E-state index < -0.39 is 18.5 Å². The Hall–Kier alpha value is -3.90. The van der Waals surface area contributed by atoms with E-state index in [1.54, 1.807) is 54.5 Å². The van der Waals surface area contributed by atoms with Gasteiger partial charge in [0, 0.05) is 60.1 Å². The van der Waals surface area contributed by atoms with Crippen molar-refractivity contribution < 1.29 is 28.6 Å². The van der Waals surface area contributed by atoms with Gasteiger partial charge < -0.3 is 24.4 Å². The summed E-state index contributed by atoms with van der Waals surface area (Å²) in [5, 5.41) is 2.68. The molecule has 2 amide bonds. The van der Waals surface area contributed by atoms with Gasteiger partial charge in [0.15, 0.2) is 18.1 Å². The van der Waals surface area contributed by atoms with Gasteiger partial charge in [-0.25, -0.2) is 4.79 Å². The number of hydrogen-bond acceptors (Lipinski definition) is 10. The molecule has 1 N–H and O–H groups in total. The summed E-state index contributed by atoms with van der Waals surface area (Å²) >= 11 is 1.00. The zero-order valence-corrected chi connectivity index (χ0v) is 23.9. The van der Waals surface area contributed by atoms with E-state index in [1.165, 1.54) is 19.3 Å². The molecule has 1 aliphatic heterocycles. The molecule has 0 aliphatic carbocycles. The number of rotatable bonds is 12. The number of methoxy groups -OCH3 is 2. The number of piperazine rings is 1. The van der Waals surface area contributed by atoms with E-state index in [2.05, 4.69) is 14.8 Å². The van der Waals surface area contributed by atoms with Crippen molar-refractivity contribution in [2.75, 3.05) is 58.9 Å². The summed E-state index contributed by atoms with van der Waals surface area (Å²) in [5.74, 6) is -0.355. The zero-order valence-electron chi connectivity index (χ0n) is 23.0. The van der Waals surface area contributed by atoms with Crippen LogP contribution in [0.25, 0.3) is 6.08 Å². The van der Waals surface area contributed by atoms with Crippen LogP contribution in [0.4, 0.5) is 5.69 Å². The maximum absolute atomic E-state index is 12.8. The van der Waals surface area contributed by atoms with E-state index in [-0.39, 0.29) is 21.9 Å². The number of carbonyl (C=O) groups is 3. The third kappa shape index (κ3) is 8.82. The molecule has 2 aromatic carbocycles. The number of amides is 2. The lowest BCUT2D eigenvalue weighted by Crippen LogP contribution is -2.52. The minimum atomic E-state index is -0.716. The Bertz CT molecular complexity index is 1240. The molecule has 1 fully saturated rings. The molecule has 1 saturated heterocycles. The van der Waals surface area contributed by atoms with Gasteiger partial charge in [-0.3, -0.25) is 14.5 Å². The highest BCUT2D eigenvalue weighted by molar-refractivity contribution is 7.99. The van der Waals surface area contributed by atoms with Crippen LogP contribution in [0.3, 0.4) is 0 Å². The second kappa shape index (κ2) is 14.5. The Morgan fingerprint density at radius 3 is 2.40 bits per heavy atom. The van der Waals surface area contributed by atoms with E-state index in [1.807, 2.05) is 13.8 Å². The summed E-state index contributed by atoms with van der Waals surface area (Å²) in [6, 6.07) is 11.7. The highest BCUT2D eigenvalue weighted by Crippen LogP contribution is 2.28. The summed E-state index contributed by atoms with van der Waals surface area (Å²) in [6.07, 6.45) is 2.94. The van der Waals surface area contributed by atoms with Gasteiger partial charge in [0.2, 0.25) is 5.91 Å². The molecule has 0 spiro atoms. The third-order valence-electron chi connectivity index (χ3n) is 6.18. The molecule has 0 unspecified atom stereocenters. The third-order valence-corrected chi connectivity index (χ3v) is 6.88. The highest BCUT2D eigenvalue weighted by atomic mass is 32.2. The van der Waals surface area contributed by atoms with Gasteiger partial charge in [-0.15, -0.1) is 4.91 Å². The number of carbonyl (C=O) groups excluding carboxylic acids is 3. The van der Waals surface area contributed by atoms with Crippen molar-refractivity contribution in [1.29, 1.82) is 0 Å². The lowest BCUT2D eigenvalue weighted by atomic mass is 10.1. The van der Waals surface area contributed by atoms with E-state index >= 15 is 0 Å². The number of anilines is 1. The summed E-state index contributed by atoms with van der Waals surface area (Å²) < 4.78 is 18.4. The summed E-state index contributed by atoms with van der Waals surface area (Å²) in [5.41, 5.74) is 1.12. The quantitative estimate of drug-likeness (QED) is 0.175. The predicted molar refractivity (Wildman–Crippen MR) is 154 cm³/mol. The number of nitrogens with zero attached hydrogens (tertiary/aromatic N) is 3. The second-order valence-electron chi connectivity index (χ2n) is 9.64. The van der Waals surface area contributed by atoms with E-state index in [0.717, 1.165) is 17.5 Å². The lowest BCUT2D eigenvalue weighted by Gasteiger charge is -2.37. The molecule has 0 radical (unpaired) electrons. The van der Waals surface area contributed by atoms with Gasteiger partial charge in [-0.05, 0) is 49.8 Å². The maximum Gasteiger partial charge on any atom is 0.340 e. The molecule has 0 saturated carbocycles. The molecule has 0 bridgehead atoms. The molecule has 11 nitrogen and oxygen atoms in total. The van der Waals surface area contributed by atoms with Crippen LogP contribution in [0, 0.1) is 4.91 Å². The lowest BCUT2D eigenvalue weighted by molar-refractivity contribution is -0.136. The van der Waals surface area contributed by atoms with Gasteiger partial charge in [0.05, 0.1) is 25.5 Å². The molecule has 0 aromatic heterocycles. The van der Waals surface area contributed by atoms with Crippen LogP contribution >= 0.6 is 11.9 Å². The normalized spacial score (nSPS) is 14.1. The van der Waals surface area contributed by atoms with Crippen LogP contribution in [0.5, 0.6) is 11.5 Å². The van der Waals surface area contributed by atoms with Crippen LogP contribution in [-0.4, -0.2) is 85.9 Å². The van der Waals surface area contributed by atoms with E-state index in [0.29, 0.717) is 44.2 Å². The Morgan fingerprint density at radius 2 is 1.73 bits per heavy atom. The van der Waals surface area contributed by atoms with Crippen molar-refractivity contribution in [3.8, 4) is 11.5 Å². The summed E-state index contributed by atoms with van der Waals surface area (Å²) in [7, 11) is 3.07. The Balaban J connectivity index is 1.52. The van der Waals surface area contributed by atoms with Crippen LogP contribution < -0.4 is 14.8 Å². The SMILES string of the molecule is COc1ccc(/C=C/C(=O)Nc2ccccc2C(=O)OCC(=O)N2CCN(CC(C)(C)SN=O)CC2)cc1OC. The number of nitrogens with one attached hydrogen (secondary N) is 1. The fourth-order valence-corrected chi connectivity index (χ4v) is 4.63. The molecule has 1 aliphatic rings. The number of nitroso groups, excluding NO2 is 1. The van der Waals surface area contributed by atoms with Crippen LogP contribution in [0.15, 0.2) is 53.1 Å². The van der Waals surface area contributed by atoms with Gasteiger partial charge in [0.25, 0.3) is 5.91 Å². The molecule has 1 heterocycles. The topological polar surface area (TPSA) is 127 Å². The smallest absolute Gasteiger partial charge is 0.340 e. The molecule has 12 heteroatoms. The van der Waals surface area contributed by atoms with Crippen molar-refractivity contribution in [3.05, 3.63) is 64.6 Å². The standard InChI is InChI=1S/C28H34N4O7S/c1-28(2,40-30-36)19-31-13-15-32(16-14-31)26(34)18-39-27(35)21-7-5-6-8-22(21)29-25(33)12-10-20-9-11-23(37-3)24(17-20)38-4/h5-12,17H,13-16,18-19H2,1-4H3,(H,29,33)/b12-10+. The zero-order chi connectivity index (χ0) is 29.1. The summed E-state index contributed by atoms with van der Waals surface area (Å²) in [6.45, 7) is 6.44. The van der Waals surface area contributed by atoms with Crippen LogP contribution in [0.1, 0.15) is 29.8 Å². The fraction of sp³-hybridized carbons (Fsp3) is 0.393. The van der Waals surface area contributed by atoms with Crippen molar-refractivity contribution in [2.45, 2.75) is 18.6 Å². The minimum Gasteiger partial charge on any atom is -0.493 e. The Labute approximate surface area is 237 Å². The minimum absolute atomic E-state index is 0.136. The Morgan fingerprint density at radius 1 is 1.02 bits per heavy atom. The first-order valence-corrected chi connectivity index (χ1v) is 13.4. The van der Waals surface area contributed by atoms with Crippen molar-refractivity contribution in [3.63, 3.8) is 0 Å². The number of ether oxygens (including phenoxy) is 3. The summed E-state index contributed by atoms with van der Waals surface area (Å²) in [4.78, 5) is 52.4. The largest absolute Gasteiger partial charge is 0.493 e. The average Bonchev–Trinajstić information content (AvgIpc) is 2.94. The molecule has 40 heavy (non-hydrogen) atoms. The first-order valence-electron chi connectivity index (χ1n) is 12.6.